The monoisotopic (exact) mass is 447 g/mol. The first kappa shape index (κ1) is 24.5. The number of aliphatic hydroxyl groups is 1. The first-order valence-corrected chi connectivity index (χ1v) is 11.4. The van der Waals surface area contributed by atoms with Crippen LogP contribution in [0.4, 0.5) is 0 Å². The molecule has 0 amide bonds. The zero-order valence-electron chi connectivity index (χ0n) is 20.0. The van der Waals surface area contributed by atoms with Crippen molar-refractivity contribution in [1.29, 1.82) is 5.26 Å². The number of benzene rings is 2. The van der Waals surface area contributed by atoms with E-state index in [0.717, 1.165) is 24.9 Å². The molecule has 0 spiro atoms. The summed E-state index contributed by atoms with van der Waals surface area (Å²) in [5.41, 5.74) is 5.28. The van der Waals surface area contributed by atoms with Crippen molar-refractivity contribution in [2.45, 2.75) is 45.8 Å². The normalized spacial score (nSPS) is 15.5. The molecule has 174 valence electrons. The molecule has 0 saturated heterocycles. The molecule has 1 N–H and O–H groups in total. The number of fused-ring (bicyclic) bond motifs is 1. The third-order valence-electron chi connectivity index (χ3n) is 5.92. The van der Waals surface area contributed by atoms with E-state index in [4.69, 9.17) is 14.5 Å². The van der Waals surface area contributed by atoms with Gasteiger partial charge in [0, 0.05) is 23.7 Å². The van der Waals surface area contributed by atoms with Crippen LogP contribution < -0.4 is 4.74 Å². The minimum absolute atomic E-state index is 0.0247. The zero-order valence-corrected chi connectivity index (χ0v) is 20.0. The van der Waals surface area contributed by atoms with Gasteiger partial charge in [0.25, 0.3) is 0 Å². The summed E-state index contributed by atoms with van der Waals surface area (Å²) >= 11 is 0. The molecule has 0 bridgehead atoms. The predicted octanol–water partition coefficient (Wildman–Crippen LogP) is 4.71. The number of aliphatic imine (C=N–C) groups is 1. The summed E-state index contributed by atoms with van der Waals surface area (Å²) in [6, 6.07) is 14.1. The first-order valence-electron chi connectivity index (χ1n) is 11.4. The molecule has 2 aromatic carbocycles. The molecule has 0 unspecified atom stereocenters. The van der Waals surface area contributed by atoms with Crippen molar-refractivity contribution in [1.82, 2.24) is 4.90 Å². The molecule has 0 fully saturated rings. The highest BCUT2D eigenvalue weighted by atomic mass is 16.5. The zero-order chi connectivity index (χ0) is 24.0. The van der Waals surface area contributed by atoms with Gasteiger partial charge in [-0.2, -0.15) is 5.26 Å². The Labute approximate surface area is 196 Å². The van der Waals surface area contributed by atoms with E-state index in [2.05, 4.69) is 30.5 Å². The van der Waals surface area contributed by atoms with Gasteiger partial charge in [0.1, 0.15) is 11.8 Å². The van der Waals surface area contributed by atoms with E-state index in [1.807, 2.05) is 32.0 Å². The predicted molar refractivity (Wildman–Crippen MR) is 131 cm³/mol. The second-order valence-electron chi connectivity index (χ2n) is 8.34. The standard InChI is InChI=1S/C27H33N3O3/c1-6-30(14-15-31)25-12-11-23-22(8-7-9-24(23)25)19(4)29-27(32-5)20-10-13-26(33-18(2)3)21(16-20)17-28/h7-10,13,16,18,25,31H,4,6,11-12,14-15H2,1-3,5H3/t25-/m0/s1. The van der Waals surface area contributed by atoms with Gasteiger partial charge in [0.2, 0.25) is 5.90 Å². The molecule has 1 aliphatic carbocycles. The fraction of sp³-hybridized carbons (Fsp3) is 0.407. The lowest BCUT2D eigenvalue weighted by Gasteiger charge is -2.27. The van der Waals surface area contributed by atoms with Gasteiger partial charge in [-0.25, -0.2) is 4.99 Å². The minimum atomic E-state index is -0.0247. The van der Waals surface area contributed by atoms with Gasteiger partial charge in [0.15, 0.2) is 0 Å². The first-order chi connectivity index (χ1) is 15.9. The maximum Gasteiger partial charge on any atom is 0.221 e. The molecular weight excluding hydrogens is 414 g/mol. The molecular formula is C27H33N3O3. The molecule has 2 aromatic rings. The molecule has 1 aliphatic rings. The van der Waals surface area contributed by atoms with Crippen molar-refractivity contribution in [2.24, 2.45) is 4.99 Å². The van der Waals surface area contributed by atoms with Crippen molar-refractivity contribution in [2.75, 3.05) is 26.8 Å². The number of likely N-dealkylation sites (N-methyl/N-ethyl adjacent to an activating group) is 1. The fourth-order valence-corrected chi connectivity index (χ4v) is 4.46. The summed E-state index contributed by atoms with van der Waals surface area (Å²) in [4.78, 5) is 7.01. The van der Waals surface area contributed by atoms with Crippen LogP contribution >= 0.6 is 0 Å². The smallest absolute Gasteiger partial charge is 0.221 e. The average Bonchev–Trinajstić information content (AvgIpc) is 3.25. The third-order valence-corrected chi connectivity index (χ3v) is 5.92. The Morgan fingerprint density at radius 2 is 2.12 bits per heavy atom. The Kier molecular flexibility index (Phi) is 8.26. The molecule has 0 radical (unpaired) electrons. The lowest BCUT2D eigenvalue weighted by molar-refractivity contribution is 0.156. The maximum atomic E-state index is 9.56. The molecule has 0 aromatic heterocycles. The second kappa shape index (κ2) is 11.1. The van der Waals surface area contributed by atoms with Crippen LogP contribution in [0.15, 0.2) is 48.0 Å². The number of hydrogen-bond donors (Lipinski definition) is 1. The van der Waals surface area contributed by atoms with E-state index in [-0.39, 0.29) is 12.7 Å². The van der Waals surface area contributed by atoms with Gasteiger partial charge in [-0.05, 0) is 62.6 Å². The number of ether oxygens (including phenoxy) is 2. The third kappa shape index (κ3) is 5.44. The number of nitrogens with zero attached hydrogens (tertiary/aromatic N) is 3. The van der Waals surface area contributed by atoms with Crippen LogP contribution in [0.5, 0.6) is 5.75 Å². The Morgan fingerprint density at radius 3 is 2.76 bits per heavy atom. The van der Waals surface area contributed by atoms with Crippen LogP contribution in [-0.2, 0) is 11.2 Å². The Hall–Kier alpha value is -3.14. The quantitative estimate of drug-likeness (QED) is 0.445. The molecule has 0 heterocycles. The highest BCUT2D eigenvalue weighted by Gasteiger charge is 2.29. The summed E-state index contributed by atoms with van der Waals surface area (Å²) in [5.74, 6) is 0.941. The van der Waals surface area contributed by atoms with Crippen LogP contribution in [0.3, 0.4) is 0 Å². The van der Waals surface area contributed by atoms with Gasteiger partial charge in [0.05, 0.1) is 31.1 Å². The molecule has 0 saturated carbocycles. The Bertz CT molecular complexity index is 1070. The largest absolute Gasteiger partial charge is 0.490 e. The van der Waals surface area contributed by atoms with E-state index >= 15 is 0 Å². The van der Waals surface area contributed by atoms with E-state index in [0.29, 0.717) is 41.1 Å². The van der Waals surface area contributed by atoms with Gasteiger partial charge in [-0.3, -0.25) is 4.90 Å². The van der Waals surface area contributed by atoms with Crippen LogP contribution in [0.1, 0.15) is 61.1 Å². The van der Waals surface area contributed by atoms with Crippen LogP contribution in [0.25, 0.3) is 5.70 Å². The highest BCUT2D eigenvalue weighted by Crippen LogP contribution is 2.39. The molecule has 0 aliphatic heterocycles. The van der Waals surface area contributed by atoms with Gasteiger partial charge in [-0.1, -0.05) is 31.7 Å². The van der Waals surface area contributed by atoms with Crippen LogP contribution in [0.2, 0.25) is 0 Å². The van der Waals surface area contributed by atoms with Crippen molar-refractivity contribution in [3.63, 3.8) is 0 Å². The molecule has 3 rings (SSSR count). The number of methoxy groups -OCH3 is 1. The topological polar surface area (TPSA) is 78.1 Å². The van der Waals surface area contributed by atoms with Crippen molar-refractivity contribution in [3.8, 4) is 11.8 Å². The fourth-order valence-electron chi connectivity index (χ4n) is 4.46. The summed E-state index contributed by atoms with van der Waals surface area (Å²) in [7, 11) is 1.57. The summed E-state index contributed by atoms with van der Waals surface area (Å²) < 4.78 is 11.3. The van der Waals surface area contributed by atoms with Crippen molar-refractivity contribution in [3.05, 3.63) is 70.8 Å². The van der Waals surface area contributed by atoms with Crippen molar-refractivity contribution < 1.29 is 14.6 Å². The Morgan fingerprint density at radius 1 is 1.33 bits per heavy atom. The number of nitriles is 1. The Balaban J connectivity index is 1.92. The van der Waals surface area contributed by atoms with E-state index in [1.165, 1.54) is 11.1 Å². The second-order valence-corrected chi connectivity index (χ2v) is 8.34. The molecule has 33 heavy (non-hydrogen) atoms. The SMILES string of the molecule is C=C(N=C(OC)c1ccc(OC(C)C)c(C#N)c1)c1cccc2c1CC[C@@H]2N(CC)CCO. The minimum Gasteiger partial charge on any atom is -0.490 e. The summed E-state index contributed by atoms with van der Waals surface area (Å²) in [6.07, 6.45) is 1.93. The van der Waals surface area contributed by atoms with Gasteiger partial charge >= 0.3 is 0 Å². The number of aliphatic hydroxyl groups excluding tert-OH is 1. The molecule has 6 heteroatoms. The maximum absolute atomic E-state index is 9.56. The van der Waals surface area contributed by atoms with Gasteiger partial charge in [-0.15, -0.1) is 0 Å². The highest BCUT2D eigenvalue weighted by molar-refractivity contribution is 5.98. The van der Waals surface area contributed by atoms with E-state index < -0.39 is 0 Å². The summed E-state index contributed by atoms with van der Waals surface area (Å²) in [5, 5.41) is 19.0. The van der Waals surface area contributed by atoms with Gasteiger partial charge < -0.3 is 14.6 Å². The van der Waals surface area contributed by atoms with Crippen LogP contribution in [0, 0.1) is 11.3 Å². The molecule has 1 atom stereocenters. The number of hydrogen-bond acceptors (Lipinski definition) is 6. The van der Waals surface area contributed by atoms with E-state index in [9.17, 15) is 10.4 Å². The lowest BCUT2D eigenvalue weighted by atomic mass is 10.00. The van der Waals surface area contributed by atoms with Crippen molar-refractivity contribution >= 4 is 11.6 Å². The molecule has 6 nitrogen and oxygen atoms in total. The lowest BCUT2D eigenvalue weighted by Crippen LogP contribution is -2.30. The number of rotatable bonds is 9. The summed E-state index contributed by atoms with van der Waals surface area (Å²) in [6.45, 7) is 11.9. The average molecular weight is 448 g/mol. The van der Waals surface area contributed by atoms with Crippen LogP contribution in [-0.4, -0.2) is 48.8 Å². The van der Waals surface area contributed by atoms with E-state index in [1.54, 1.807) is 19.2 Å².